The van der Waals surface area contributed by atoms with Crippen LogP contribution in [0.15, 0.2) is 42.5 Å². The second-order valence-electron chi connectivity index (χ2n) is 5.58. The summed E-state index contributed by atoms with van der Waals surface area (Å²) in [5, 5.41) is 11.7. The first-order valence-corrected chi connectivity index (χ1v) is 7.10. The van der Waals surface area contributed by atoms with Gasteiger partial charge in [-0.05, 0) is 36.2 Å². The fourth-order valence-corrected chi connectivity index (χ4v) is 3.21. The molecule has 3 rings (SSSR count). The van der Waals surface area contributed by atoms with Gasteiger partial charge in [0.1, 0.15) is 0 Å². The van der Waals surface area contributed by atoms with Crippen LogP contribution in [-0.2, 0) is 11.3 Å². The van der Waals surface area contributed by atoms with Gasteiger partial charge < -0.3 is 5.11 Å². The van der Waals surface area contributed by atoms with Gasteiger partial charge in [0.15, 0.2) is 0 Å². The maximum absolute atomic E-state index is 11.2. The van der Waals surface area contributed by atoms with Crippen LogP contribution in [0.3, 0.4) is 0 Å². The van der Waals surface area contributed by atoms with Crippen molar-refractivity contribution in [3.8, 4) is 0 Å². The van der Waals surface area contributed by atoms with E-state index in [0.29, 0.717) is 0 Å². The Bertz CT molecular complexity index is 632. The Labute approximate surface area is 118 Å². The minimum atomic E-state index is -0.669. The fraction of sp³-hybridized carbons (Fsp3) is 0.353. The van der Waals surface area contributed by atoms with E-state index in [0.717, 1.165) is 19.5 Å². The highest BCUT2D eigenvalue weighted by atomic mass is 16.4. The zero-order valence-electron chi connectivity index (χ0n) is 11.6. The van der Waals surface area contributed by atoms with E-state index >= 15 is 0 Å². The maximum Gasteiger partial charge on any atom is 0.308 e. The molecule has 0 aromatic heterocycles. The van der Waals surface area contributed by atoms with E-state index in [-0.39, 0.29) is 12.0 Å². The molecule has 0 bridgehead atoms. The molecule has 1 fully saturated rings. The van der Waals surface area contributed by atoms with Gasteiger partial charge in [0.25, 0.3) is 0 Å². The third kappa shape index (κ3) is 2.29. The van der Waals surface area contributed by atoms with E-state index in [1.54, 1.807) is 0 Å². The summed E-state index contributed by atoms with van der Waals surface area (Å²) in [4.78, 5) is 13.5. The standard InChI is InChI=1S/C17H19NO2/c1-12-15(17(19)20)9-10-18(12)11-14-7-4-6-13-5-2-3-8-16(13)14/h2-8,12,15H,9-11H2,1H3,(H,19,20). The normalized spacial score (nSPS) is 23.2. The van der Waals surface area contributed by atoms with Crippen molar-refractivity contribution in [2.45, 2.75) is 25.9 Å². The predicted molar refractivity (Wildman–Crippen MR) is 79.6 cm³/mol. The van der Waals surface area contributed by atoms with Crippen molar-refractivity contribution in [1.82, 2.24) is 4.90 Å². The molecule has 2 unspecified atom stereocenters. The van der Waals surface area contributed by atoms with Gasteiger partial charge in [0, 0.05) is 12.6 Å². The first-order valence-electron chi connectivity index (χ1n) is 7.10. The van der Waals surface area contributed by atoms with E-state index in [9.17, 15) is 9.90 Å². The summed E-state index contributed by atoms with van der Waals surface area (Å²) in [7, 11) is 0. The van der Waals surface area contributed by atoms with Crippen LogP contribution in [0, 0.1) is 5.92 Å². The number of likely N-dealkylation sites (tertiary alicyclic amines) is 1. The van der Waals surface area contributed by atoms with Gasteiger partial charge in [0.2, 0.25) is 0 Å². The number of hydrogen-bond acceptors (Lipinski definition) is 2. The van der Waals surface area contributed by atoms with Crippen molar-refractivity contribution in [2.75, 3.05) is 6.54 Å². The van der Waals surface area contributed by atoms with Crippen molar-refractivity contribution in [3.63, 3.8) is 0 Å². The van der Waals surface area contributed by atoms with E-state index in [1.165, 1.54) is 16.3 Å². The van der Waals surface area contributed by atoms with Crippen LogP contribution in [0.4, 0.5) is 0 Å². The van der Waals surface area contributed by atoms with Crippen LogP contribution in [0.25, 0.3) is 10.8 Å². The van der Waals surface area contributed by atoms with Gasteiger partial charge in [-0.15, -0.1) is 0 Å². The Morgan fingerprint density at radius 2 is 2.00 bits per heavy atom. The number of carbonyl (C=O) groups is 1. The maximum atomic E-state index is 11.2. The molecule has 1 heterocycles. The quantitative estimate of drug-likeness (QED) is 0.930. The molecule has 1 saturated heterocycles. The first kappa shape index (κ1) is 13.1. The lowest BCUT2D eigenvalue weighted by Crippen LogP contribution is -2.32. The summed E-state index contributed by atoms with van der Waals surface area (Å²) in [6, 6.07) is 14.8. The number of aliphatic carboxylic acids is 1. The van der Waals surface area contributed by atoms with Crippen molar-refractivity contribution in [2.24, 2.45) is 5.92 Å². The van der Waals surface area contributed by atoms with E-state index in [1.807, 2.05) is 13.0 Å². The summed E-state index contributed by atoms with van der Waals surface area (Å²) in [6.45, 7) is 3.71. The molecule has 3 nitrogen and oxygen atoms in total. The van der Waals surface area contributed by atoms with Crippen LogP contribution in [0.2, 0.25) is 0 Å². The lowest BCUT2D eigenvalue weighted by atomic mass is 10.0. The fourth-order valence-electron chi connectivity index (χ4n) is 3.21. The van der Waals surface area contributed by atoms with Crippen LogP contribution in [0.1, 0.15) is 18.9 Å². The Morgan fingerprint density at radius 1 is 1.25 bits per heavy atom. The molecule has 0 saturated carbocycles. The Hall–Kier alpha value is -1.87. The Balaban J connectivity index is 1.86. The van der Waals surface area contributed by atoms with Crippen molar-refractivity contribution in [1.29, 1.82) is 0 Å². The average Bonchev–Trinajstić information content (AvgIpc) is 2.81. The van der Waals surface area contributed by atoms with E-state index < -0.39 is 5.97 Å². The minimum Gasteiger partial charge on any atom is -0.481 e. The van der Waals surface area contributed by atoms with Crippen LogP contribution < -0.4 is 0 Å². The molecule has 104 valence electrons. The predicted octanol–water partition coefficient (Wildman–Crippen LogP) is 3.13. The zero-order valence-corrected chi connectivity index (χ0v) is 11.6. The van der Waals surface area contributed by atoms with Crippen molar-refractivity contribution >= 4 is 16.7 Å². The largest absolute Gasteiger partial charge is 0.481 e. The molecule has 3 heteroatoms. The molecule has 0 amide bonds. The van der Waals surface area contributed by atoms with Crippen LogP contribution in [0.5, 0.6) is 0 Å². The highest BCUT2D eigenvalue weighted by Crippen LogP contribution is 2.28. The number of fused-ring (bicyclic) bond motifs is 1. The molecular formula is C17H19NO2. The lowest BCUT2D eigenvalue weighted by molar-refractivity contribution is -0.142. The first-order chi connectivity index (χ1) is 9.66. The van der Waals surface area contributed by atoms with Crippen LogP contribution >= 0.6 is 0 Å². The molecule has 1 aliphatic rings. The third-order valence-electron chi connectivity index (χ3n) is 4.46. The summed E-state index contributed by atoms with van der Waals surface area (Å²) in [5.74, 6) is -0.900. The molecule has 0 spiro atoms. The van der Waals surface area contributed by atoms with E-state index in [2.05, 4.69) is 41.3 Å². The highest BCUT2D eigenvalue weighted by molar-refractivity contribution is 5.85. The summed E-state index contributed by atoms with van der Waals surface area (Å²) >= 11 is 0. The second kappa shape index (κ2) is 5.25. The molecule has 1 aliphatic heterocycles. The number of hydrogen-bond donors (Lipinski definition) is 1. The lowest BCUT2D eigenvalue weighted by Gasteiger charge is -2.23. The topological polar surface area (TPSA) is 40.5 Å². The molecule has 2 aromatic carbocycles. The summed E-state index contributed by atoms with van der Waals surface area (Å²) in [6.07, 6.45) is 0.751. The highest BCUT2D eigenvalue weighted by Gasteiger charge is 2.35. The van der Waals surface area contributed by atoms with Crippen molar-refractivity contribution < 1.29 is 9.90 Å². The van der Waals surface area contributed by atoms with E-state index in [4.69, 9.17) is 0 Å². The van der Waals surface area contributed by atoms with Gasteiger partial charge in [-0.25, -0.2) is 0 Å². The molecule has 2 aromatic rings. The van der Waals surface area contributed by atoms with Gasteiger partial charge in [-0.3, -0.25) is 9.69 Å². The summed E-state index contributed by atoms with van der Waals surface area (Å²) < 4.78 is 0. The zero-order chi connectivity index (χ0) is 14.1. The number of benzene rings is 2. The monoisotopic (exact) mass is 269 g/mol. The number of carboxylic acid groups (broad SMARTS) is 1. The number of carboxylic acids is 1. The molecule has 0 aliphatic carbocycles. The van der Waals surface area contributed by atoms with Gasteiger partial charge in [-0.2, -0.15) is 0 Å². The Kier molecular flexibility index (Phi) is 3.45. The third-order valence-corrected chi connectivity index (χ3v) is 4.46. The Morgan fingerprint density at radius 3 is 2.75 bits per heavy atom. The number of rotatable bonds is 3. The SMILES string of the molecule is CC1C(C(=O)O)CCN1Cc1cccc2ccccc12. The molecule has 2 atom stereocenters. The minimum absolute atomic E-state index is 0.103. The smallest absolute Gasteiger partial charge is 0.308 e. The average molecular weight is 269 g/mol. The van der Waals surface area contributed by atoms with Gasteiger partial charge in [0.05, 0.1) is 5.92 Å². The van der Waals surface area contributed by atoms with Crippen LogP contribution in [-0.4, -0.2) is 28.6 Å². The summed E-state index contributed by atoms with van der Waals surface area (Å²) in [5.41, 5.74) is 1.28. The second-order valence-corrected chi connectivity index (χ2v) is 5.58. The molecule has 1 N–H and O–H groups in total. The molecular weight excluding hydrogens is 250 g/mol. The molecule has 20 heavy (non-hydrogen) atoms. The van der Waals surface area contributed by atoms with Gasteiger partial charge >= 0.3 is 5.97 Å². The number of nitrogens with zero attached hydrogens (tertiary/aromatic N) is 1. The molecule has 0 radical (unpaired) electrons. The van der Waals surface area contributed by atoms with Gasteiger partial charge in [-0.1, -0.05) is 42.5 Å². The van der Waals surface area contributed by atoms with Crippen molar-refractivity contribution in [3.05, 3.63) is 48.0 Å².